The third kappa shape index (κ3) is 4.08. The van der Waals surface area contributed by atoms with E-state index in [0.29, 0.717) is 18.8 Å². The van der Waals surface area contributed by atoms with Gasteiger partial charge in [0.15, 0.2) is 0 Å². The van der Waals surface area contributed by atoms with Crippen LogP contribution in [0.5, 0.6) is 0 Å². The summed E-state index contributed by atoms with van der Waals surface area (Å²) in [5.74, 6) is -0.193. The maximum atomic E-state index is 13.1. The lowest BCUT2D eigenvalue weighted by atomic mass is 10.00. The smallest absolute Gasteiger partial charge is 0.354 e. The second-order valence-corrected chi connectivity index (χ2v) is 6.85. The first-order valence-corrected chi connectivity index (χ1v) is 9.17. The zero-order chi connectivity index (χ0) is 20.4. The van der Waals surface area contributed by atoms with Gasteiger partial charge in [-0.2, -0.15) is 13.2 Å². The van der Waals surface area contributed by atoms with Crippen LogP contribution in [0, 0.1) is 0 Å². The first-order chi connectivity index (χ1) is 13.9. The zero-order valence-electron chi connectivity index (χ0n) is 15.4. The molecule has 7 heteroatoms. The van der Waals surface area contributed by atoms with E-state index in [2.05, 4.69) is 16.4 Å². The highest BCUT2D eigenvalue weighted by atomic mass is 19.4. The molecule has 1 N–H and O–H groups in total. The lowest BCUT2D eigenvalue weighted by Crippen LogP contribution is -2.36. The predicted octanol–water partition coefficient (Wildman–Crippen LogP) is 5.04. The fraction of sp³-hybridized carbons (Fsp3) is 0.182. The predicted molar refractivity (Wildman–Crippen MR) is 104 cm³/mol. The molecule has 0 saturated heterocycles. The largest absolute Gasteiger partial charge is 0.418 e. The van der Waals surface area contributed by atoms with Crippen molar-refractivity contribution in [1.29, 1.82) is 0 Å². The highest BCUT2D eigenvalue weighted by Gasteiger charge is 2.33. The number of amides is 1. The van der Waals surface area contributed by atoms with E-state index in [9.17, 15) is 18.0 Å². The van der Waals surface area contributed by atoms with Gasteiger partial charge in [-0.05, 0) is 41.8 Å². The lowest BCUT2D eigenvalue weighted by molar-refractivity contribution is -0.136. The quantitative estimate of drug-likeness (QED) is 0.673. The number of rotatable bonds is 3. The first kappa shape index (κ1) is 19.0. The molecule has 148 valence electrons. The molecule has 4 nitrogen and oxygen atoms in total. The number of nitrogens with zero attached hydrogens (tertiary/aromatic N) is 2. The maximum Gasteiger partial charge on any atom is 0.418 e. The minimum atomic E-state index is -4.46. The van der Waals surface area contributed by atoms with Crippen LogP contribution in [-0.2, 0) is 19.1 Å². The van der Waals surface area contributed by atoms with E-state index in [1.165, 1.54) is 36.0 Å². The van der Waals surface area contributed by atoms with E-state index in [4.69, 9.17) is 0 Å². The topological polar surface area (TPSA) is 45.2 Å². The maximum absolute atomic E-state index is 13.1. The van der Waals surface area contributed by atoms with Gasteiger partial charge in [-0.25, -0.2) is 4.98 Å². The van der Waals surface area contributed by atoms with Gasteiger partial charge in [-0.15, -0.1) is 0 Å². The highest BCUT2D eigenvalue weighted by molar-refractivity contribution is 5.92. The number of para-hydroxylation sites is 1. The number of hydrogen-bond donors (Lipinski definition) is 1. The molecular weight excluding hydrogens is 379 g/mol. The Morgan fingerprint density at radius 2 is 1.69 bits per heavy atom. The summed E-state index contributed by atoms with van der Waals surface area (Å²) >= 11 is 0. The summed E-state index contributed by atoms with van der Waals surface area (Å²) in [5, 5.41) is 2.73. The van der Waals surface area contributed by atoms with E-state index in [1.807, 2.05) is 18.2 Å². The average molecular weight is 397 g/mol. The molecule has 0 saturated carbocycles. The second-order valence-electron chi connectivity index (χ2n) is 6.85. The van der Waals surface area contributed by atoms with Crippen LogP contribution in [-0.4, -0.2) is 22.3 Å². The van der Waals surface area contributed by atoms with Crippen LogP contribution in [0.2, 0.25) is 0 Å². The highest BCUT2D eigenvalue weighted by Crippen LogP contribution is 2.35. The van der Waals surface area contributed by atoms with E-state index in [-0.39, 0.29) is 17.3 Å². The number of hydrogen-bond acceptors (Lipinski definition) is 3. The minimum Gasteiger partial charge on any atom is -0.354 e. The van der Waals surface area contributed by atoms with E-state index >= 15 is 0 Å². The summed E-state index contributed by atoms with van der Waals surface area (Å²) in [7, 11) is 0. The Morgan fingerprint density at radius 1 is 0.966 bits per heavy atom. The van der Waals surface area contributed by atoms with Crippen molar-refractivity contribution in [2.75, 3.05) is 11.9 Å². The van der Waals surface area contributed by atoms with Gasteiger partial charge in [0.2, 0.25) is 0 Å². The fourth-order valence-corrected chi connectivity index (χ4v) is 3.42. The number of pyridine rings is 1. The number of nitrogens with one attached hydrogen (secondary N) is 1. The molecule has 0 atom stereocenters. The van der Waals surface area contributed by atoms with E-state index in [1.54, 1.807) is 11.0 Å². The van der Waals surface area contributed by atoms with Crippen LogP contribution in [0.15, 0.2) is 66.9 Å². The van der Waals surface area contributed by atoms with Crippen molar-refractivity contribution in [2.45, 2.75) is 19.1 Å². The van der Waals surface area contributed by atoms with Gasteiger partial charge in [-0.1, -0.05) is 36.4 Å². The Hall–Kier alpha value is -3.35. The zero-order valence-corrected chi connectivity index (χ0v) is 15.4. The number of carbonyl (C=O) groups is 1. The Balaban J connectivity index is 1.48. The molecule has 0 fully saturated rings. The van der Waals surface area contributed by atoms with E-state index < -0.39 is 11.7 Å². The Morgan fingerprint density at radius 3 is 2.41 bits per heavy atom. The number of aromatic nitrogens is 1. The van der Waals surface area contributed by atoms with Gasteiger partial charge in [0.25, 0.3) is 5.91 Å². The van der Waals surface area contributed by atoms with Crippen LogP contribution in [0.3, 0.4) is 0 Å². The van der Waals surface area contributed by atoms with Crippen molar-refractivity contribution in [3.8, 4) is 0 Å². The fourth-order valence-electron chi connectivity index (χ4n) is 3.42. The summed E-state index contributed by atoms with van der Waals surface area (Å²) in [6.45, 7) is 1.13. The lowest BCUT2D eigenvalue weighted by Gasteiger charge is -2.28. The van der Waals surface area contributed by atoms with Gasteiger partial charge in [0.05, 0.1) is 23.1 Å². The molecular formula is C22H18F3N3O. The summed E-state index contributed by atoms with van der Waals surface area (Å²) < 4.78 is 39.4. The molecule has 0 unspecified atom stereocenters. The van der Waals surface area contributed by atoms with Crippen LogP contribution < -0.4 is 5.32 Å². The first-order valence-electron chi connectivity index (χ1n) is 9.17. The van der Waals surface area contributed by atoms with E-state index in [0.717, 1.165) is 18.1 Å². The molecule has 0 spiro atoms. The Bertz CT molecular complexity index is 1030. The minimum absolute atomic E-state index is 0.0616. The molecule has 1 aliphatic rings. The van der Waals surface area contributed by atoms with Crippen LogP contribution in [0.25, 0.3) is 0 Å². The average Bonchev–Trinajstić information content (AvgIpc) is 2.73. The summed E-state index contributed by atoms with van der Waals surface area (Å²) in [6.07, 6.45) is -2.30. The standard InChI is InChI=1S/C22H18F3N3O/c23-22(24,25)18-7-3-4-8-19(18)27-17-9-10-20(26-13-17)21(29)28-12-11-15-5-1-2-6-16(15)14-28/h1-10,13,27H,11-12,14H2. The van der Waals surface area contributed by atoms with Crippen LogP contribution >= 0.6 is 0 Å². The van der Waals surface area contributed by atoms with Gasteiger partial charge in [0, 0.05) is 13.1 Å². The second kappa shape index (κ2) is 7.58. The number of carbonyl (C=O) groups excluding carboxylic acids is 1. The summed E-state index contributed by atoms with van der Waals surface area (Å²) in [4.78, 5) is 18.7. The normalized spacial score (nSPS) is 13.7. The molecule has 0 aliphatic carbocycles. The van der Waals surface area contributed by atoms with Gasteiger partial charge in [0.1, 0.15) is 5.69 Å². The Kier molecular flexibility index (Phi) is 4.96. The van der Waals surface area contributed by atoms with Gasteiger partial charge < -0.3 is 10.2 Å². The summed E-state index contributed by atoms with van der Waals surface area (Å²) in [6, 6.07) is 16.3. The molecule has 0 radical (unpaired) electrons. The van der Waals surface area contributed by atoms with Crippen molar-refractivity contribution in [3.63, 3.8) is 0 Å². The molecule has 2 heterocycles. The molecule has 2 aromatic carbocycles. The SMILES string of the molecule is O=C(c1ccc(Nc2ccccc2C(F)(F)F)cn1)N1CCc2ccccc2C1. The van der Waals surface area contributed by atoms with Crippen molar-refractivity contribution in [3.05, 3.63) is 89.2 Å². The number of halogens is 3. The van der Waals surface area contributed by atoms with Crippen molar-refractivity contribution in [1.82, 2.24) is 9.88 Å². The molecule has 3 aromatic rings. The van der Waals surface area contributed by atoms with Gasteiger partial charge >= 0.3 is 6.18 Å². The molecule has 0 bridgehead atoms. The molecule has 1 amide bonds. The number of fused-ring (bicyclic) bond motifs is 1. The van der Waals surface area contributed by atoms with Crippen LogP contribution in [0.1, 0.15) is 27.2 Å². The third-order valence-corrected chi connectivity index (χ3v) is 4.91. The third-order valence-electron chi connectivity index (χ3n) is 4.91. The summed E-state index contributed by atoms with van der Waals surface area (Å²) in [5.41, 5.74) is 2.18. The van der Waals surface area contributed by atoms with Crippen molar-refractivity contribution >= 4 is 17.3 Å². The number of alkyl halides is 3. The Labute approximate surface area is 166 Å². The van der Waals surface area contributed by atoms with Crippen molar-refractivity contribution < 1.29 is 18.0 Å². The monoisotopic (exact) mass is 397 g/mol. The molecule has 29 heavy (non-hydrogen) atoms. The van der Waals surface area contributed by atoms with Crippen molar-refractivity contribution in [2.24, 2.45) is 0 Å². The molecule has 1 aliphatic heterocycles. The van der Waals surface area contributed by atoms with Gasteiger partial charge in [-0.3, -0.25) is 4.79 Å². The number of benzene rings is 2. The molecule has 4 rings (SSSR count). The molecule has 1 aromatic heterocycles. The van der Waals surface area contributed by atoms with Crippen LogP contribution in [0.4, 0.5) is 24.5 Å². The number of anilines is 2.